The highest BCUT2D eigenvalue weighted by molar-refractivity contribution is 5.88. The summed E-state index contributed by atoms with van der Waals surface area (Å²) in [6.07, 6.45) is 7.53. The first-order valence-corrected chi connectivity index (χ1v) is 12.8. The van der Waals surface area contributed by atoms with E-state index in [2.05, 4.69) is 5.32 Å². The van der Waals surface area contributed by atoms with Gasteiger partial charge < -0.3 is 14.7 Å². The Balaban J connectivity index is 1.45. The van der Waals surface area contributed by atoms with E-state index in [4.69, 9.17) is 4.74 Å². The zero-order valence-electron chi connectivity index (χ0n) is 20.4. The molecule has 2 bridgehead atoms. The monoisotopic (exact) mass is 470 g/mol. The van der Waals surface area contributed by atoms with Gasteiger partial charge in [-0.3, -0.25) is 14.9 Å². The maximum atomic E-state index is 13.5. The third-order valence-electron chi connectivity index (χ3n) is 8.39. The topological polar surface area (TPSA) is 95.9 Å². The van der Waals surface area contributed by atoms with Crippen LogP contribution in [0.25, 0.3) is 0 Å². The molecular formula is C27H38N2O5. The number of esters is 1. The van der Waals surface area contributed by atoms with Crippen LogP contribution in [0.5, 0.6) is 0 Å². The van der Waals surface area contributed by atoms with Crippen molar-refractivity contribution < 1.29 is 24.2 Å². The fourth-order valence-corrected chi connectivity index (χ4v) is 6.72. The average molecular weight is 471 g/mol. The van der Waals surface area contributed by atoms with Gasteiger partial charge in [-0.05, 0) is 75.2 Å². The first kappa shape index (κ1) is 24.7. The predicted octanol–water partition coefficient (Wildman–Crippen LogP) is 3.41. The van der Waals surface area contributed by atoms with Gasteiger partial charge in [0, 0.05) is 6.54 Å². The minimum Gasteiger partial charge on any atom is -0.480 e. The van der Waals surface area contributed by atoms with Gasteiger partial charge in [-0.2, -0.15) is 0 Å². The second-order valence-corrected chi connectivity index (χ2v) is 10.5. The molecule has 7 nitrogen and oxygen atoms in total. The molecule has 1 aromatic carbocycles. The lowest BCUT2D eigenvalue weighted by Crippen LogP contribution is -2.54. The largest absolute Gasteiger partial charge is 0.480 e. The lowest BCUT2D eigenvalue weighted by atomic mass is 9.55. The second-order valence-electron chi connectivity index (χ2n) is 10.5. The number of nitrogens with one attached hydrogen (secondary N) is 1. The Morgan fingerprint density at radius 1 is 1.15 bits per heavy atom. The zero-order valence-corrected chi connectivity index (χ0v) is 20.4. The van der Waals surface area contributed by atoms with Gasteiger partial charge in [0.1, 0.15) is 12.1 Å². The molecule has 0 aromatic heterocycles. The van der Waals surface area contributed by atoms with Crippen LogP contribution in [-0.2, 0) is 25.5 Å². The lowest BCUT2D eigenvalue weighted by Gasteiger charge is -2.50. The van der Waals surface area contributed by atoms with E-state index < -0.39 is 24.1 Å². The molecule has 1 heterocycles. The summed E-state index contributed by atoms with van der Waals surface area (Å²) in [5, 5.41) is 13.1. The zero-order chi connectivity index (χ0) is 24.3. The number of likely N-dealkylation sites (tertiary alicyclic amines) is 1. The number of aliphatic carboxylic acids is 1. The molecule has 0 unspecified atom stereocenters. The second kappa shape index (κ2) is 10.5. The van der Waals surface area contributed by atoms with Crippen molar-refractivity contribution >= 4 is 17.8 Å². The summed E-state index contributed by atoms with van der Waals surface area (Å²) in [6, 6.07) is 7.79. The number of hydrogen-bond acceptors (Lipinski definition) is 5. The number of benzene rings is 1. The fourth-order valence-electron chi connectivity index (χ4n) is 6.72. The van der Waals surface area contributed by atoms with Crippen LogP contribution in [0.4, 0.5) is 0 Å². The minimum atomic E-state index is -0.926. The molecule has 1 saturated heterocycles. The molecule has 2 N–H and O–H groups in total. The van der Waals surface area contributed by atoms with Crippen LogP contribution in [0.2, 0.25) is 0 Å². The van der Waals surface area contributed by atoms with Crippen molar-refractivity contribution in [1.82, 2.24) is 10.2 Å². The summed E-state index contributed by atoms with van der Waals surface area (Å²) >= 11 is 0. The van der Waals surface area contributed by atoms with Crippen LogP contribution in [0.15, 0.2) is 30.3 Å². The van der Waals surface area contributed by atoms with Crippen molar-refractivity contribution in [3.05, 3.63) is 35.9 Å². The SMILES string of the molecule is CCOC(=O)[C@@H](CCc1ccccc1)N[C@@H](C)C(=O)N1C[C@@]2(CC3CCC2CC3)C[C@H]1C(=O)O. The summed E-state index contributed by atoms with van der Waals surface area (Å²) in [5.74, 6) is -0.366. The molecule has 7 heteroatoms. The summed E-state index contributed by atoms with van der Waals surface area (Å²) in [5.41, 5.74) is 1.05. The van der Waals surface area contributed by atoms with E-state index in [9.17, 15) is 19.5 Å². The molecule has 1 amide bonds. The van der Waals surface area contributed by atoms with Crippen molar-refractivity contribution in [2.24, 2.45) is 17.3 Å². The maximum absolute atomic E-state index is 13.5. The van der Waals surface area contributed by atoms with Gasteiger partial charge in [-0.25, -0.2) is 4.79 Å². The number of carbonyl (C=O) groups is 3. The molecule has 4 fully saturated rings. The summed E-state index contributed by atoms with van der Waals surface area (Å²) < 4.78 is 5.26. The molecule has 34 heavy (non-hydrogen) atoms. The van der Waals surface area contributed by atoms with Crippen molar-refractivity contribution in [1.29, 1.82) is 0 Å². The summed E-state index contributed by atoms with van der Waals surface area (Å²) in [6.45, 7) is 4.28. The molecule has 1 aromatic rings. The Hall–Kier alpha value is -2.41. The number of nitrogens with zero attached hydrogens (tertiary/aromatic N) is 1. The molecule has 4 atom stereocenters. The third kappa shape index (κ3) is 5.14. The molecule has 0 radical (unpaired) electrons. The highest BCUT2D eigenvalue weighted by Gasteiger charge is 2.56. The average Bonchev–Trinajstić information content (AvgIpc) is 3.21. The Labute approximate surface area is 202 Å². The van der Waals surface area contributed by atoms with Gasteiger partial charge in [-0.1, -0.05) is 43.2 Å². The maximum Gasteiger partial charge on any atom is 0.326 e. The van der Waals surface area contributed by atoms with Crippen molar-refractivity contribution in [2.45, 2.75) is 83.3 Å². The lowest BCUT2D eigenvalue weighted by molar-refractivity contribution is -0.150. The number of fused-ring (bicyclic) bond motifs is 2. The van der Waals surface area contributed by atoms with E-state index >= 15 is 0 Å². The standard InChI is InChI=1S/C27H38N2O5/c1-3-34-26(33)22(14-11-19-7-5-4-6-8-19)28-18(2)24(30)29-17-27(16-23(29)25(31)32)15-20-9-12-21(27)13-10-20/h4-8,18,20-23,28H,3,9-17H2,1-2H3,(H,31,32)/t18-,20?,21?,22+,23-,27+/m0/s1. The number of ether oxygens (including phenoxy) is 1. The first-order chi connectivity index (χ1) is 16.3. The number of carboxylic acid groups (broad SMARTS) is 1. The molecule has 3 aliphatic carbocycles. The molecular weight excluding hydrogens is 432 g/mol. The van der Waals surface area contributed by atoms with Crippen LogP contribution in [0, 0.1) is 17.3 Å². The van der Waals surface area contributed by atoms with Crippen molar-refractivity contribution in [3.63, 3.8) is 0 Å². The van der Waals surface area contributed by atoms with Crippen LogP contribution >= 0.6 is 0 Å². The Bertz CT molecular complexity index is 882. The summed E-state index contributed by atoms with van der Waals surface area (Å²) in [4.78, 5) is 39.9. The number of amides is 1. The minimum absolute atomic E-state index is 0.0620. The molecule has 1 spiro atoms. The highest BCUT2D eigenvalue weighted by atomic mass is 16.5. The van der Waals surface area contributed by atoms with Crippen molar-refractivity contribution in [2.75, 3.05) is 13.2 Å². The third-order valence-corrected chi connectivity index (χ3v) is 8.39. The van der Waals surface area contributed by atoms with E-state index in [1.807, 2.05) is 30.3 Å². The van der Waals surface area contributed by atoms with Gasteiger partial charge in [-0.15, -0.1) is 0 Å². The fraction of sp³-hybridized carbons (Fsp3) is 0.667. The van der Waals surface area contributed by atoms with Crippen LogP contribution in [-0.4, -0.2) is 59.1 Å². The summed E-state index contributed by atoms with van der Waals surface area (Å²) in [7, 11) is 0. The molecule has 3 saturated carbocycles. The van der Waals surface area contributed by atoms with Gasteiger partial charge in [0.05, 0.1) is 12.6 Å². The number of rotatable bonds is 9. The van der Waals surface area contributed by atoms with Gasteiger partial charge in [0.15, 0.2) is 0 Å². The molecule has 186 valence electrons. The molecule has 5 rings (SSSR count). The molecule has 4 aliphatic rings. The normalized spacial score (nSPS) is 29.7. The quantitative estimate of drug-likeness (QED) is 0.537. The highest BCUT2D eigenvalue weighted by Crippen LogP contribution is 2.57. The van der Waals surface area contributed by atoms with E-state index in [1.54, 1.807) is 18.7 Å². The smallest absolute Gasteiger partial charge is 0.326 e. The van der Waals surface area contributed by atoms with E-state index in [0.717, 1.165) is 24.8 Å². The van der Waals surface area contributed by atoms with Crippen molar-refractivity contribution in [3.8, 4) is 0 Å². The van der Waals surface area contributed by atoms with Gasteiger partial charge in [0.2, 0.25) is 5.91 Å². The Morgan fingerprint density at radius 3 is 2.44 bits per heavy atom. The van der Waals surface area contributed by atoms with Crippen LogP contribution < -0.4 is 5.32 Å². The van der Waals surface area contributed by atoms with Gasteiger partial charge in [0.25, 0.3) is 0 Å². The number of carbonyl (C=O) groups excluding carboxylic acids is 2. The van der Waals surface area contributed by atoms with Crippen LogP contribution in [0.3, 0.4) is 0 Å². The van der Waals surface area contributed by atoms with E-state index in [1.165, 1.54) is 12.8 Å². The first-order valence-electron chi connectivity index (χ1n) is 12.8. The Morgan fingerprint density at radius 2 is 1.85 bits per heavy atom. The Kier molecular flexibility index (Phi) is 7.60. The number of carboxylic acids is 1. The van der Waals surface area contributed by atoms with E-state index in [0.29, 0.717) is 37.6 Å². The van der Waals surface area contributed by atoms with E-state index in [-0.39, 0.29) is 23.9 Å². The van der Waals surface area contributed by atoms with Crippen LogP contribution in [0.1, 0.15) is 64.4 Å². The number of hydrogen-bond donors (Lipinski definition) is 2. The predicted molar refractivity (Wildman–Crippen MR) is 128 cm³/mol. The van der Waals surface area contributed by atoms with Gasteiger partial charge >= 0.3 is 11.9 Å². The number of aryl methyl sites for hydroxylation is 1. The molecule has 1 aliphatic heterocycles.